The fourth-order valence-corrected chi connectivity index (χ4v) is 4.73. The van der Waals surface area contributed by atoms with Crippen LogP contribution in [0.1, 0.15) is 22.5 Å². The topological polar surface area (TPSA) is 42.3 Å². The maximum Gasteiger partial charge on any atom is 0.293 e. The molecule has 31 heavy (non-hydrogen) atoms. The highest BCUT2D eigenvalue weighted by Gasteiger charge is 2.35. The monoisotopic (exact) mass is 474 g/mol. The molecule has 0 N–H and O–H groups in total. The molecule has 1 saturated heterocycles. The van der Waals surface area contributed by atoms with Crippen molar-refractivity contribution in [1.29, 1.82) is 0 Å². The fourth-order valence-electron chi connectivity index (χ4n) is 3.52. The molecule has 2 aromatic carbocycles. The predicted octanol–water partition coefficient (Wildman–Crippen LogP) is 6.78. The van der Waals surface area contributed by atoms with Crippen molar-refractivity contribution in [3.8, 4) is 5.69 Å². The third-order valence-corrected chi connectivity index (χ3v) is 6.77. The number of benzene rings is 2. The number of imide groups is 1. The van der Waals surface area contributed by atoms with Gasteiger partial charge in [0, 0.05) is 11.4 Å². The second kappa shape index (κ2) is 8.54. The van der Waals surface area contributed by atoms with E-state index in [2.05, 4.69) is 0 Å². The zero-order valence-electron chi connectivity index (χ0n) is 16.7. The van der Waals surface area contributed by atoms with Gasteiger partial charge in [0.1, 0.15) is 5.82 Å². The van der Waals surface area contributed by atoms with E-state index in [1.165, 1.54) is 12.1 Å². The summed E-state index contributed by atoms with van der Waals surface area (Å²) in [5.74, 6) is -0.738. The van der Waals surface area contributed by atoms with Gasteiger partial charge < -0.3 is 4.57 Å². The van der Waals surface area contributed by atoms with E-state index in [1.807, 2.05) is 36.6 Å². The molecular formula is C23H17Cl2FN2O2S. The number of aryl methyl sites for hydroxylation is 1. The van der Waals surface area contributed by atoms with Crippen LogP contribution in [0.3, 0.4) is 0 Å². The molecule has 2 heterocycles. The standard InChI is InChI=1S/C23H17Cl2FN2O2S/c1-13-10-16(14(2)28(13)19-5-3-4-18(24)21(19)25)11-20-22(29)27(23(30)31-20)12-15-6-8-17(26)9-7-15/h3-11H,12H2,1-2H3/b20-11-. The summed E-state index contributed by atoms with van der Waals surface area (Å²) < 4.78 is 15.1. The van der Waals surface area contributed by atoms with Crippen molar-refractivity contribution in [3.05, 3.63) is 91.8 Å². The number of aromatic nitrogens is 1. The zero-order chi connectivity index (χ0) is 22.3. The summed E-state index contributed by atoms with van der Waals surface area (Å²) in [6.07, 6.45) is 1.72. The summed E-state index contributed by atoms with van der Waals surface area (Å²) in [7, 11) is 0. The molecule has 1 aliphatic heterocycles. The minimum absolute atomic E-state index is 0.0967. The Morgan fingerprint density at radius 2 is 1.77 bits per heavy atom. The van der Waals surface area contributed by atoms with Crippen molar-refractivity contribution in [1.82, 2.24) is 9.47 Å². The highest BCUT2D eigenvalue weighted by Crippen LogP contribution is 2.36. The molecule has 0 radical (unpaired) electrons. The zero-order valence-corrected chi connectivity index (χ0v) is 19.0. The molecule has 158 valence electrons. The Morgan fingerprint density at radius 1 is 1.06 bits per heavy atom. The first-order chi connectivity index (χ1) is 14.8. The van der Waals surface area contributed by atoms with Gasteiger partial charge in [-0.25, -0.2) is 4.39 Å². The summed E-state index contributed by atoms with van der Waals surface area (Å²) in [6.45, 7) is 3.94. The van der Waals surface area contributed by atoms with Crippen molar-refractivity contribution in [2.24, 2.45) is 0 Å². The largest absolute Gasteiger partial charge is 0.316 e. The van der Waals surface area contributed by atoms with Crippen LogP contribution in [0.5, 0.6) is 0 Å². The van der Waals surface area contributed by atoms with Crippen molar-refractivity contribution in [2.45, 2.75) is 20.4 Å². The lowest BCUT2D eigenvalue weighted by atomic mass is 10.2. The molecule has 4 nitrogen and oxygen atoms in total. The van der Waals surface area contributed by atoms with Gasteiger partial charge in [-0.3, -0.25) is 14.5 Å². The van der Waals surface area contributed by atoms with Gasteiger partial charge in [0.2, 0.25) is 0 Å². The molecule has 2 amide bonds. The maximum absolute atomic E-state index is 13.1. The van der Waals surface area contributed by atoms with Crippen LogP contribution in [0.2, 0.25) is 10.0 Å². The summed E-state index contributed by atoms with van der Waals surface area (Å²) in [5, 5.41) is 0.541. The number of nitrogens with zero attached hydrogens (tertiary/aromatic N) is 2. The lowest BCUT2D eigenvalue weighted by Gasteiger charge is -2.12. The van der Waals surface area contributed by atoms with Gasteiger partial charge in [0.25, 0.3) is 11.1 Å². The SMILES string of the molecule is Cc1cc(/C=C2\SC(=O)N(Cc3ccc(F)cc3)C2=O)c(C)n1-c1cccc(Cl)c1Cl. The molecule has 0 atom stereocenters. The van der Waals surface area contributed by atoms with Crippen LogP contribution < -0.4 is 0 Å². The molecule has 3 aromatic rings. The van der Waals surface area contributed by atoms with Crippen LogP contribution in [-0.4, -0.2) is 20.6 Å². The highest BCUT2D eigenvalue weighted by atomic mass is 35.5. The van der Waals surface area contributed by atoms with Gasteiger partial charge in [-0.05, 0) is 73.1 Å². The fraction of sp³-hybridized carbons (Fsp3) is 0.130. The van der Waals surface area contributed by atoms with Gasteiger partial charge >= 0.3 is 0 Å². The van der Waals surface area contributed by atoms with Gasteiger partial charge in [-0.2, -0.15) is 0 Å². The molecule has 1 fully saturated rings. The Morgan fingerprint density at radius 3 is 2.48 bits per heavy atom. The maximum atomic E-state index is 13.1. The molecule has 0 bridgehead atoms. The lowest BCUT2D eigenvalue weighted by molar-refractivity contribution is -0.123. The third-order valence-electron chi connectivity index (χ3n) is 5.06. The molecule has 8 heteroatoms. The van der Waals surface area contributed by atoms with Gasteiger partial charge in [-0.1, -0.05) is 41.4 Å². The second-order valence-corrected chi connectivity index (χ2v) is 8.91. The number of halogens is 3. The molecule has 0 unspecified atom stereocenters. The number of thioether (sulfide) groups is 1. The van der Waals surface area contributed by atoms with Crippen LogP contribution in [-0.2, 0) is 11.3 Å². The van der Waals surface area contributed by atoms with Crippen LogP contribution in [0.25, 0.3) is 11.8 Å². The number of hydrogen-bond acceptors (Lipinski definition) is 3. The number of hydrogen-bond donors (Lipinski definition) is 0. The molecule has 1 aliphatic rings. The van der Waals surface area contributed by atoms with E-state index in [9.17, 15) is 14.0 Å². The van der Waals surface area contributed by atoms with Crippen molar-refractivity contribution in [2.75, 3.05) is 0 Å². The Kier molecular flexibility index (Phi) is 5.97. The van der Waals surface area contributed by atoms with Crippen molar-refractivity contribution in [3.63, 3.8) is 0 Å². The summed E-state index contributed by atoms with van der Waals surface area (Å²) in [6, 6.07) is 13.1. The first kappa shape index (κ1) is 21.7. The lowest BCUT2D eigenvalue weighted by Crippen LogP contribution is -2.27. The number of amides is 2. The van der Waals surface area contributed by atoms with Gasteiger partial charge in [0.15, 0.2) is 0 Å². The van der Waals surface area contributed by atoms with Crippen LogP contribution >= 0.6 is 35.0 Å². The smallest absolute Gasteiger partial charge is 0.293 e. The first-order valence-corrected chi connectivity index (χ1v) is 11.0. The molecule has 0 aliphatic carbocycles. The highest BCUT2D eigenvalue weighted by molar-refractivity contribution is 8.18. The van der Waals surface area contributed by atoms with E-state index in [1.54, 1.807) is 24.3 Å². The van der Waals surface area contributed by atoms with E-state index in [-0.39, 0.29) is 23.5 Å². The van der Waals surface area contributed by atoms with E-state index in [0.29, 0.717) is 20.5 Å². The Labute approximate surface area is 193 Å². The first-order valence-electron chi connectivity index (χ1n) is 9.39. The molecule has 1 aromatic heterocycles. The van der Waals surface area contributed by atoms with Crippen molar-refractivity contribution >= 4 is 52.2 Å². The average Bonchev–Trinajstić information content (AvgIpc) is 3.15. The van der Waals surface area contributed by atoms with Crippen LogP contribution in [0.4, 0.5) is 9.18 Å². The van der Waals surface area contributed by atoms with Gasteiger partial charge in [-0.15, -0.1) is 0 Å². The molecule has 0 spiro atoms. The Bertz CT molecular complexity index is 1240. The average molecular weight is 475 g/mol. The number of rotatable bonds is 4. The third kappa shape index (κ3) is 4.15. The molecule has 4 rings (SSSR count). The van der Waals surface area contributed by atoms with Crippen molar-refractivity contribution < 1.29 is 14.0 Å². The second-order valence-electron chi connectivity index (χ2n) is 7.13. The Hall–Kier alpha value is -2.54. The summed E-state index contributed by atoms with van der Waals surface area (Å²) in [4.78, 5) is 26.8. The van der Waals surface area contributed by atoms with E-state index in [0.717, 1.165) is 39.3 Å². The van der Waals surface area contributed by atoms with E-state index >= 15 is 0 Å². The molecular weight excluding hydrogens is 458 g/mol. The minimum Gasteiger partial charge on any atom is -0.316 e. The number of carbonyl (C=O) groups is 2. The summed E-state index contributed by atoms with van der Waals surface area (Å²) >= 11 is 13.5. The van der Waals surface area contributed by atoms with E-state index in [4.69, 9.17) is 23.2 Å². The van der Waals surface area contributed by atoms with Crippen LogP contribution in [0.15, 0.2) is 53.4 Å². The minimum atomic E-state index is -0.370. The number of carbonyl (C=O) groups excluding carboxylic acids is 2. The summed E-state index contributed by atoms with van der Waals surface area (Å²) in [5.41, 5.74) is 4.01. The predicted molar refractivity (Wildman–Crippen MR) is 123 cm³/mol. The van der Waals surface area contributed by atoms with E-state index < -0.39 is 0 Å². The quantitative estimate of drug-likeness (QED) is 0.391. The Balaban J connectivity index is 1.65. The molecule has 0 saturated carbocycles. The normalized spacial score (nSPS) is 15.4. The van der Waals surface area contributed by atoms with Crippen LogP contribution in [0, 0.1) is 19.7 Å². The van der Waals surface area contributed by atoms with Gasteiger partial charge in [0.05, 0.1) is 27.2 Å².